The van der Waals surface area contributed by atoms with Crippen LogP contribution in [0.4, 0.5) is 4.79 Å². The largest absolute Gasteiger partial charge is 0.491 e. The first-order valence-electron chi connectivity index (χ1n) is 7.58. The molecule has 0 heterocycles. The van der Waals surface area contributed by atoms with Crippen molar-refractivity contribution in [3.63, 3.8) is 0 Å². The lowest BCUT2D eigenvalue weighted by atomic mass is 10.1. The summed E-state index contributed by atoms with van der Waals surface area (Å²) in [5.41, 5.74) is -0.702. The number of carbonyl (C=O) groups is 2. The van der Waals surface area contributed by atoms with Crippen LogP contribution in [0.3, 0.4) is 0 Å². The van der Waals surface area contributed by atoms with E-state index in [1.165, 1.54) is 0 Å². The summed E-state index contributed by atoms with van der Waals surface area (Å²) in [5, 5.41) is 13.6. The van der Waals surface area contributed by atoms with E-state index >= 15 is 0 Å². The van der Waals surface area contributed by atoms with Crippen molar-refractivity contribution in [1.29, 1.82) is 0 Å². The molecular weight excluding hydrogens is 310 g/mol. The number of alkyl carbamates (subject to hydrolysis) is 1. The van der Waals surface area contributed by atoms with Crippen molar-refractivity contribution >= 4 is 22.8 Å². The Labute approximate surface area is 140 Å². The highest BCUT2D eigenvalue weighted by molar-refractivity contribution is 5.84. The molecule has 6 nitrogen and oxygen atoms in total. The Kier molecular flexibility index (Phi) is 5.28. The fourth-order valence-corrected chi connectivity index (χ4v) is 2.06. The van der Waals surface area contributed by atoms with Crippen LogP contribution in [0.25, 0.3) is 10.8 Å². The molecule has 128 valence electrons. The predicted molar refractivity (Wildman–Crippen MR) is 90.2 cm³/mol. The number of carboxylic acid groups (broad SMARTS) is 1. The molecule has 0 aliphatic heterocycles. The zero-order valence-corrected chi connectivity index (χ0v) is 13.9. The van der Waals surface area contributed by atoms with E-state index in [9.17, 15) is 14.7 Å². The Balaban J connectivity index is 1.99. The van der Waals surface area contributed by atoms with Gasteiger partial charge in [0.2, 0.25) is 0 Å². The molecule has 6 heteroatoms. The van der Waals surface area contributed by atoms with Gasteiger partial charge in [-0.2, -0.15) is 0 Å². The normalized spacial score (nSPS) is 12.5. The van der Waals surface area contributed by atoms with E-state index in [2.05, 4.69) is 5.32 Å². The molecule has 2 N–H and O–H groups in total. The molecule has 24 heavy (non-hydrogen) atoms. The third kappa shape index (κ3) is 5.15. The monoisotopic (exact) mass is 331 g/mol. The molecule has 0 aliphatic carbocycles. The first-order valence-corrected chi connectivity index (χ1v) is 7.58. The van der Waals surface area contributed by atoms with Gasteiger partial charge in [0.1, 0.15) is 18.0 Å². The Morgan fingerprint density at radius 1 is 1.12 bits per heavy atom. The molecule has 0 radical (unpaired) electrons. The summed E-state index contributed by atoms with van der Waals surface area (Å²) in [5.74, 6) is -0.660. The molecule has 0 aromatic heterocycles. The molecule has 0 spiro atoms. The number of hydrogen-bond acceptors (Lipinski definition) is 4. The quantitative estimate of drug-likeness (QED) is 0.879. The zero-order valence-electron chi connectivity index (χ0n) is 13.9. The first-order chi connectivity index (χ1) is 11.2. The number of fused-ring (bicyclic) bond motifs is 1. The van der Waals surface area contributed by atoms with Gasteiger partial charge in [0.05, 0.1) is 0 Å². The summed E-state index contributed by atoms with van der Waals surface area (Å²) in [7, 11) is 0. The molecule has 0 bridgehead atoms. The second-order valence-corrected chi connectivity index (χ2v) is 6.36. The smallest absolute Gasteiger partial charge is 0.408 e. The van der Waals surface area contributed by atoms with Crippen molar-refractivity contribution in [2.45, 2.75) is 32.4 Å². The number of nitrogens with one attached hydrogen (secondary N) is 1. The Morgan fingerprint density at radius 3 is 2.42 bits per heavy atom. The average molecular weight is 331 g/mol. The molecular formula is C18H21NO5. The van der Waals surface area contributed by atoms with Gasteiger partial charge >= 0.3 is 12.1 Å². The average Bonchev–Trinajstić information content (AvgIpc) is 2.49. The van der Waals surface area contributed by atoms with Crippen molar-refractivity contribution in [3.8, 4) is 5.75 Å². The fraction of sp³-hybridized carbons (Fsp3) is 0.333. The van der Waals surface area contributed by atoms with Crippen molar-refractivity contribution in [2.75, 3.05) is 6.61 Å². The van der Waals surface area contributed by atoms with Crippen LogP contribution >= 0.6 is 0 Å². The predicted octanol–water partition coefficient (Wildman–Crippen LogP) is 3.20. The lowest BCUT2D eigenvalue weighted by Crippen LogP contribution is -2.46. The second-order valence-electron chi connectivity index (χ2n) is 6.36. The van der Waals surface area contributed by atoms with E-state index < -0.39 is 23.7 Å². The van der Waals surface area contributed by atoms with Crippen LogP contribution in [-0.4, -0.2) is 35.4 Å². The van der Waals surface area contributed by atoms with Crippen molar-refractivity contribution in [1.82, 2.24) is 5.32 Å². The van der Waals surface area contributed by atoms with Crippen LogP contribution in [0, 0.1) is 0 Å². The maximum absolute atomic E-state index is 11.7. The highest BCUT2D eigenvalue weighted by atomic mass is 16.6. The standard InChI is InChI=1S/C18H21NO5/c1-18(2,3)24-17(22)19-15(16(20)21)11-23-14-9-8-12-6-4-5-7-13(12)10-14/h4-10,15H,11H2,1-3H3,(H,19,22)(H,20,21)/t15-/m1/s1. The van der Waals surface area contributed by atoms with Crippen LogP contribution in [0.2, 0.25) is 0 Å². The van der Waals surface area contributed by atoms with Gasteiger partial charge in [0, 0.05) is 0 Å². The number of carboxylic acids is 1. The summed E-state index contributed by atoms with van der Waals surface area (Å²) in [6, 6.07) is 12.0. The molecule has 0 saturated heterocycles. The van der Waals surface area contributed by atoms with Gasteiger partial charge in [-0.05, 0) is 43.7 Å². The van der Waals surface area contributed by atoms with Crippen LogP contribution in [0.1, 0.15) is 20.8 Å². The minimum absolute atomic E-state index is 0.201. The molecule has 1 atom stereocenters. The van der Waals surface area contributed by atoms with Crippen LogP contribution in [0.5, 0.6) is 5.75 Å². The van der Waals surface area contributed by atoms with Crippen LogP contribution in [0.15, 0.2) is 42.5 Å². The number of aliphatic carboxylic acids is 1. The number of ether oxygens (including phenoxy) is 2. The minimum atomic E-state index is -1.20. The Bertz CT molecular complexity index is 736. The minimum Gasteiger partial charge on any atom is -0.491 e. The topological polar surface area (TPSA) is 84.9 Å². The second kappa shape index (κ2) is 7.21. The maximum atomic E-state index is 11.7. The molecule has 0 fully saturated rings. The van der Waals surface area contributed by atoms with E-state index in [0.717, 1.165) is 10.8 Å². The van der Waals surface area contributed by atoms with Gasteiger partial charge in [0.25, 0.3) is 0 Å². The summed E-state index contributed by atoms with van der Waals surface area (Å²) in [6.07, 6.45) is -0.794. The molecule has 2 aromatic carbocycles. The molecule has 0 aliphatic rings. The Morgan fingerprint density at radius 2 is 1.79 bits per heavy atom. The summed E-state index contributed by atoms with van der Waals surface area (Å²) in [6.45, 7) is 4.91. The third-order valence-electron chi connectivity index (χ3n) is 3.13. The molecule has 0 unspecified atom stereocenters. The molecule has 1 amide bonds. The van der Waals surface area contributed by atoms with E-state index in [1.807, 2.05) is 36.4 Å². The summed E-state index contributed by atoms with van der Waals surface area (Å²) >= 11 is 0. The molecule has 2 aromatic rings. The van der Waals surface area contributed by atoms with Gasteiger partial charge in [-0.3, -0.25) is 0 Å². The van der Waals surface area contributed by atoms with Gasteiger partial charge in [-0.15, -0.1) is 0 Å². The first kappa shape index (κ1) is 17.6. The van der Waals surface area contributed by atoms with Crippen LogP contribution in [-0.2, 0) is 9.53 Å². The van der Waals surface area contributed by atoms with E-state index in [1.54, 1.807) is 26.8 Å². The number of carbonyl (C=O) groups excluding carboxylic acids is 1. The van der Waals surface area contributed by atoms with E-state index in [-0.39, 0.29) is 6.61 Å². The van der Waals surface area contributed by atoms with Crippen LogP contribution < -0.4 is 10.1 Å². The van der Waals surface area contributed by atoms with Crippen molar-refractivity contribution < 1.29 is 24.2 Å². The number of rotatable bonds is 5. The lowest BCUT2D eigenvalue weighted by molar-refractivity contribution is -0.140. The zero-order chi connectivity index (χ0) is 17.7. The van der Waals surface area contributed by atoms with Gasteiger partial charge in [0.15, 0.2) is 6.04 Å². The highest BCUT2D eigenvalue weighted by Gasteiger charge is 2.24. The number of amides is 1. The highest BCUT2D eigenvalue weighted by Crippen LogP contribution is 2.20. The van der Waals surface area contributed by atoms with Crippen molar-refractivity contribution in [2.24, 2.45) is 0 Å². The van der Waals surface area contributed by atoms with Gasteiger partial charge in [-0.1, -0.05) is 30.3 Å². The Hall–Kier alpha value is -2.76. The van der Waals surface area contributed by atoms with Crippen molar-refractivity contribution in [3.05, 3.63) is 42.5 Å². The SMILES string of the molecule is CC(C)(C)OC(=O)N[C@H](COc1ccc2ccccc2c1)C(=O)O. The number of benzene rings is 2. The lowest BCUT2D eigenvalue weighted by Gasteiger charge is -2.22. The summed E-state index contributed by atoms with van der Waals surface area (Å²) < 4.78 is 10.6. The fourth-order valence-electron chi connectivity index (χ4n) is 2.06. The van der Waals surface area contributed by atoms with E-state index in [0.29, 0.717) is 5.75 Å². The third-order valence-corrected chi connectivity index (χ3v) is 3.13. The van der Waals surface area contributed by atoms with Gasteiger partial charge in [-0.25, -0.2) is 9.59 Å². The van der Waals surface area contributed by atoms with E-state index in [4.69, 9.17) is 9.47 Å². The molecule has 0 saturated carbocycles. The number of hydrogen-bond donors (Lipinski definition) is 2. The van der Waals surface area contributed by atoms with Gasteiger partial charge < -0.3 is 19.9 Å². The summed E-state index contributed by atoms with van der Waals surface area (Å²) in [4.78, 5) is 23.0. The maximum Gasteiger partial charge on any atom is 0.408 e. The molecule has 2 rings (SSSR count).